The van der Waals surface area contributed by atoms with Gasteiger partial charge in [0.15, 0.2) is 0 Å². The Morgan fingerprint density at radius 1 is 1.24 bits per heavy atom. The maximum atomic E-state index is 12.8. The van der Waals surface area contributed by atoms with Crippen LogP contribution in [0.4, 0.5) is 0 Å². The molecule has 2 unspecified atom stereocenters. The van der Waals surface area contributed by atoms with E-state index < -0.39 is 0 Å². The summed E-state index contributed by atoms with van der Waals surface area (Å²) in [6.45, 7) is 5.16. The second kappa shape index (κ2) is 5.73. The Hall–Kier alpha value is -0.870. The summed E-state index contributed by atoms with van der Waals surface area (Å²) in [5.41, 5.74) is 1.33. The van der Waals surface area contributed by atoms with Crippen LogP contribution in [0, 0.1) is 11.8 Å². The normalized spacial score (nSPS) is 32.9. The van der Waals surface area contributed by atoms with Crippen molar-refractivity contribution in [1.82, 2.24) is 15.1 Å². The lowest BCUT2D eigenvalue weighted by Gasteiger charge is -2.29. The highest BCUT2D eigenvalue weighted by Crippen LogP contribution is 2.34. The molecule has 1 saturated carbocycles. The molecule has 2 aliphatic heterocycles. The zero-order chi connectivity index (χ0) is 14.2. The van der Waals surface area contributed by atoms with Gasteiger partial charge in [0.25, 0.3) is 0 Å². The molecule has 0 aromatic carbocycles. The summed E-state index contributed by atoms with van der Waals surface area (Å²) in [6, 6.07) is 0.519. The Bertz CT molecular complexity index is 431. The third-order valence-electron chi connectivity index (χ3n) is 5.58. The SMILES string of the molecule is O=C(CN1CC2CNCC2C1)N(C1=CCCCC1)C1CC1. The maximum absolute atomic E-state index is 12.8. The molecule has 3 fully saturated rings. The highest BCUT2D eigenvalue weighted by Gasteiger charge is 2.39. The number of nitrogens with zero attached hydrogens (tertiary/aromatic N) is 2. The van der Waals surface area contributed by atoms with Crippen LogP contribution < -0.4 is 5.32 Å². The second-order valence-corrected chi connectivity index (χ2v) is 7.31. The molecule has 2 atom stereocenters. The molecule has 116 valence electrons. The number of hydrogen-bond acceptors (Lipinski definition) is 3. The Kier molecular flexibility index (Phi) is 3.76. The lowest BCUT2D eigenvalue weighted by Crippen LogP contribution is -2.41. The molecule has 4 rings (SSSR count). The van der Waals surface area contributed by atoms with Gasteiger partial charge in [-0.3, -0.25) is 9.69 Å². The zero-order valence-corrected chi connectivity index (χ0v) is 12.9. The Labute approximate surface area is 127 Å². The van der Waals surface area contributed by atoms with Gasteiger partial charge in [-0.2, -0.15) is 0 Å². The van der Waals surface area contributed by atoms with Gasteiger partial charge in [-0.05, 0) is 63.5 Å². The molecule has 1 N–H and O–H groups in total. The number of carbonyl (C=O) groups is 1. The first-order valence-corrected chi connectivity index (χ1v) is 8.75. The predicted molar refractivity (Wildman–Crippen MR) is 82.7 cm³/mol. The van der Waals surface area contributed by atoms with Crippen molar-refractivity contribution in [1.29, 1.82) is 0 Å². The van der Waals surface area contributed by atoms with E-state index in [2.05, 4.69) is 21.2 Å². The van der Waals surface area contributed by atoms with Crippen molar-refractivity contribution in [3.05, 3.63) is 11.8 Å². The molecular weight excluding hydrogens is 262 g/mol. The first-order valence-electron chi connectivity index (χ1n) is 8.75. The smallest absolute Gasteiger partial charge is 0.241 e. The number of nitrogens with one attached hydrogen (secondary N) is 1. The summed E-state index contributed by atoms with van der Waals surface area (Å²) >= 11 is 0. The standard InChI is InChI=1S/C17H27N3O/c21-17(12-19-10-13-8-18-9-14(13)11-19)20(16-6-7-16)15-4-2-1-3-5-15/h4,13-14,16,18H,1-3,5-12H2. The minimum absolute atomic E-state index is 0.360. The molecule has 0 spiro atoms. The molecule has 4 nitrogen and oxygen atoms in total. The summed E-state index contributed by atoms with van der Waals surface area (Å²) in [6.07, 6.45) is 9.54. The molecule has 2 aliphatic carbocycles. The predicted octanol–water partition coefficient (Wildman–Crippen LogP) is 1.59. The van der Waals surface area contributed by atoms with Crippen molar-refractivity contribution >= 4 is 5.91 Å². The first-order chi connectivity index (χ1) is 10.3. The van der Waals surface area contributed by atoms with Crippen molar-refractivity contribution in [3.8, 4) is 0 Å². The summed E-state index contributed by atoms with van der Waals surface area (Å²) in [7, 11) is 0. The minimum Gasteiger partial charge on any atom is -0.316 e. The molecular formula is C17H27N3O. The number of likely N-dealkylation sites (tertiary alicyclic amines) is 1. The van der Waals surface area contributed by atoms with E-state index in [0.29, 0.717) is 18.5 Å². The highest BCUT2D eigenvalue weighted by atomic mass is 16.2. The van der Waals surface area contributed by atoms with Crippen molar-refractivity contribution in [2.75, 3.05) is 32.7 Å². The van der Waals surface area contributed by atoms with E-state index >= 15 is 0 Å². The van der Waals surface area contributed by atoms with E-state index in [9.17, 15) is 4.79 Å². The van der Waals surface area contributed by atoms with Crippen LogP contribution in [0.1, 0.15) is 38.5 Å². The van der Waals surface area contributed by atoms with Crippen LogP contribution in [0.2, 0.25) is 0 Å². The molecule has 1 amide bonds. The summed E-state index contributed by atoms with van der Waals surface area (Å²) in [5, 5.41) is 3.47. The third kappa shape index (κ3) is 2.88. The average molecular weight is 289 g/mol. The summed E-state index contributed by atoms with van der Waals surface area (Å²) < 4.78 is 0. The topological polar surface area (TPSA) is 35.6 Å². The quantitative estimate of drug-likeness (QED) is 0.853. The summed E-state index contributed by atoms with van der Waals surface area (Å²) in [5.74, 6) is 1.92. The second-order valence-electron chi connectivity index (χ2n) is 7.31. The molecule has 0 aromatic heterocycles. The molecule has 4 aliphatic rings. The van der Waals surface area contributed by atoms with Crippen LogP contribution in [0.3, 0.4) is 0 Å². The van der Waals surface area contributed by atoms with E-state index in [0.717, 1.165) is 50.9 Å². The highest BCUT2D eigenvalue weighted by molar-refractivity contribution is 5.81. The lowest BCUT2D eigenvalue weighted by atomic mass is 10.0. The van der Waals surface area contributed by atoms with E-state index in [1.54, 1.807) is 0 Å². The van der Waals surface area contributed by atoms with Crippen molar-refractivity contribution in [2.24, 2.45) is 11.8 Å². The van der Waals surface area contributed by atoms with Crippen LogP contribution in [-0.2, 0) is 4.79 Å². The fraction of sp³-hybridized carbons (Fsp3) is 0.824. The number of rotatable bonds is 4. The Morgan fingerprint density at radius 2 is 2.00 bits per heavy atom. The number of fused-ring (bicyclic) bond motifs is 1. The minimum atomic E-state index is 0.360. The Balaban J connectivity index is 1.39. The van der Waals surface area contributed by atoms with Crippen LogP contribution >= 0.6 is 0 Å². The van der Waals surface area contributed by atoms with Gasteiger partial charge in [0.05, 0.1) is 6.54 Å². The largest absolute Gasteiger partial charge is 0.316 e. The molecule has 2 saturated heterocycles. The number of carbonyl (C=O) groups excluding carboxylic acids is 1. The maximum Gasteiger partial charge on any atom is 0.241 e. The van der Waals surface area contributed by atoms with Crippen molar-refractivity contribution in [3.63, 3.8) is 0 Å². The van der Waals surface area contributed by atoms with Gasteiger partial charge in [0.1, 0.15) is 0 Å². The van der Waals surface area contributed by atoms with E-state index in [4.69, 9.17) is 0 Å². The van der Waals surface area contributed by atoms with E-state index in [1.165, 1.54) is 31.4 Å². The Morgan fingerprint density at radius 3 is 2.62 bits per heavy atom. The molecule has 0 bridgehead atoms. The van der Waals surface area contributed by atoms with Gasteiger partial charge >= 0.3 is 0 Å². The lowest BCUT2D eigenvalue weighted by molar-refractivity contribution is -0.131. The van der Waals surface area contributed by atoms with Gasteiger partial charge in [-0.15, -0.1) is 0 Å². The van der Waals surface area contributed by atoms with Crippen LogP contribution in [-0.4, -0.2) is 54.5 Å². The van der Waals surface area contributed by atoms with Crippen LogP contribution in [0.5, 0.6) is 0 Å². The third-order valence-corrected chi connectivity index (χ3v) is 5.58. The zero-order valence-electron chi connectivity index (χ0n) is 12.9. The molecule has 0 aromatic rings. The number of allylic oxidation sites excluding steroid dienone is 2. The van der Waals surface area contributed by atoms with Gasteiger partial charge in [-0.25, -0.2) is 0 Å². The summed E-state index contributed by atoms with van der Waals surface area (Å²) in [4.78, 5) is 17.4. The van der Waals surface area contributed by atoms with Gasteiger partial charge < -0.3 is 10.2 Å². The number of hydrogen-bond donors (Lipinski definition) is 1. The number of amides is 1. The van der Waals surface area contributed by atoms with Crippen molar-refractivity contribution < 1.29 is 4.79 Å². The van der Waals surface area contributed by atoms with Crippen molar-refractivity contribution in [2.45, 2.75) is 44.6 Å². The average Bonchev–Trinajstić information content (AvgIpc) is 3.08. The fourth-order valence-corrected chi connectivity index (χ4v) is 4.32. The van der Waals surface area contributed by atoms with Gasteiger partial charge in [0.2, 0.25) is 5.91 Å². The molecule has 2 heterocycles. The van der Waals surface area contributed by atoms with Gasteiger partial charge in [-0.1, -0.05) is 6.08 Å². The first kappa shape index (κ1) is 13.8. The fourth-order valence-electron chi connectivity index (χ4n) is 4.32. The molecule has 21 heavy (non-hydrogen) atoms. The van der Waals surface area contributed by atoms with Gasteiger partial charge in [0, 0.05) is 24.8 Å². The molecule has 0 radical (unpaired) electrons. The molecule has 4 heteroatoms. The monoisotopic (exact) mass is 289 g/mol. The van der Waals surface area contributed by atoms with E-state index in [1.807, 2.05) is 0 Å². The van der Waals surface area contributed by atoms with Crippen LogP contribution in [0.25, 0.3) is 0 Å². The van der Waals surface area contributed by atoms with Crippen LogP contribution in [0.15, 0.2) is 11.8 Å². The van der Waals surface area contributed by atoms with E-state index in [-0.39, 0.29) is 0 Å².